The molecule has 1 unspecified atom stereocenters. The van der Waals surface area contributed by atoms with E-state index in [1.807, 2.05) is 43.3 Å². The Kier molecular flexibility index (Phi) is 6.57. The summed E-state index contributed by atoms with van der Waals surface area (Å²) >= 11 is 6.26. The largest absolute Gasteiger partial charge is 0.489 e. The molecule has 1 aliphatic rings. The molecule has 0 fully saturated rings. The Hall–Kier alpha value is -3.25. The Morgan fingerprint density at radius 2 is 1.97 bits per heavy atom. The third-order valence-corrected chi connectivity index (χ3v) is 5.19. The minimum atomic E-state index is -0.146. The molecule has 1 N–H and O–H groups in total. The second-order valence-electron chi connectivity index (χ2n) is 7.29. The van der Waals surface area contributed by atoms with Crippen molar-refractivity contribution in [2.75, 3.05) is 13.2 Å². The number of nitrogens with one attached hydrogen (secondary N) is 1. The van der Waals surface area contributed by atoms with Crippen molar-refractivity contribution >= 4 is 17.5 Å². The first-order valence-corrected chi connectivity index (χ1v) is 10.5. The first kappa shape index (κ1) is 21.0. The molecule has 0 saturated carbocycles. The monoisotopic (exact) mass is 438 g/mol. The Labute approximate surface area is 186 Å². The maximum atomic E-state index is 12.5. The Morgan fingerprint density at radius 3 is 2.74 bits per heavy atom. The van der Waals surface area contributed by atoms with Gasteiger partial charge >= 0.3 is 0 Å². The average molecular weight is 439 g/mol. The molecule has 1 atom stereocenters. The third kappa shape index (κ3) is 5.47. The quantitative estimate of drug-likeness (QED) is 0.588. The number of carbonyl (C=O) groups is 1. The van der Waals surface area contributed by atoms with Gasteiger partial charge in [-0.2, -0.15) is 0 Å². The molecule has 0 bridgehead atoms. The lowest BCUT2D eigenvalue weighted by Crippen LogP contribution is -2.28. The van der Waals surface area contributed by atoms with Gasteiger partial charge in [-0.1, -0.05) is 29.8 Å². The van der Waals surface area contributed by atoms with Gasteiger partial charge in [-0.05, 0) is 48.4 Å². The van der Waals surface area contributed by atoms with Crippen LogP contribution in [0.25, 0.3) is 0 Å². The minimum absolute atomic E-state index is 0.0999. The zero-order chi connectivity index (χ0) is 21.6. The van der Waals surface area contributed by atoms with Crippen LogP contribution in [0.2, 0.25) is 5.02 Å². The summed E-state index contributed by atoms with van der Waals surface area (Å²) in [5, 5.41) is 3.47. The molecular formula is C24H23ClN2O4. The first-order chi connectivity index (χ1) is 15.1. The first-order valence-electron chi connectivity index (χ1n) is 10.1. The Bertz CT molecular complexity index is 1040. The average Bonchev–Trinajstić information content (AvgIpc) is 2.78. The molecule has 0 aliphatic carbocycles. The predicted octanol–water partition coefficient (Wildman–Crippen LogP) is 4.51. The number of fused-ring (bicyclic) bond motifs is 1. The van der Waals surface area contributed by atoms with Crippen molar-refractivity contribution in [1.29, 1.82) is 0 Å². The van der Waals surface area contributed by atoms with Crippen LogP contribution in [0.3, 0.4) is 0 Å². The molecule has 2 aromatic carbocycles. The molecule has 3 aromatic rings. The van der Waals surface area contributed by atoms with Gasteiger partial charge in [-0.25, -0.2) is 0 Å². The van der Waals surface area contributed by atoms with Crippen LogP contribution < -0.4 is 19.5 Å². The topological polar surface area (TPSA) is 69.7 Å². The van der Waals surface area contributed by atoms with E-state index in [0.29, 0.717) is 36.3 Å². The second-order valence-corrected chi connectivity index (χ2v) is 7.69. The van der Waals surface area contributed by atoms with Crippen molar-refractivity contribution in [2.24, 2.45) is 0 Å². The third-order valence-electron chi connectivity index (χ3n) is 4.91. The molecule has 0 radical (unpaired) electrons. The van der Waals surface area contributed by atoms with Gasteiger partial charge < -0.3 is 19.5 Å². The van der Waals surface area contributed by atoms with Gasteiger partial charge in [0.25, 0.3) is 0 Å². The number of aromatic nitrogens is 1. The van der Waals surface area contributed by atoms with E-state index in [-0.39, 0.29) is 18.4 Å². The van der Waals surface area contributed by atoms with Crippen LogP contribution in [0.15, 0.2) is 60.9 Å². The maximum absolute atomic E-state index is 12.5. The summed E-state index contributed by atoms with van der Waals surface area (Å²) < 4.78 is 16.9. The van der Waals surface area contributed by atoms with Crippen molar-refractivity contribution < 1.29 is 19.0 Å². The fraction of sp³-hybridized carbons (Fsp3) is 0.250. The normalized spacial score (nSPS) is 13.4. The second kappa shape index (κ2) is 9.71. The van der Waals surface area contributed by atoms with Crippen LogP contribution in [-0.4, -0.2) is 24.1 Å². The molecule has 160 valence electrons. The number of hydrogen-bond acceptors (Lipinski definition) is 5. The van der Waals surface area contributed by atoms with Crippen LogP contribution in [0.4, 0.5) is 0 Å². The number of halogens is 1. The number of amides is 1. The number of nitrogens with zero attached hydrogens (tertiary/aromatic N) is 1. The summed E-state index contributed by atoms with van der Waals surface area (Å²) in [6.07, 6.45) is 3.71. The van der Waals surface area contributed by atoms with Gasteiger partial charge in [-0.3, -0.25) is 9.78 Å². The van der Waals surface area contributed by atoms with Gasteiger partial charge in [0.1, 0.15) is 25.6 Å². The van der Waals surface area contributed by atoms with E-state index in [1.165, 1.54) is 0 Å². The lowest BCUT2D eigenvalue weighted by Gasteiger charge is -2.20. The highest BCUT2D eigenvalue weighted by molar-refractivity contribution is 6.32. The minimum Gasteiger partial charge on any atom is -0.489 e. The van der Waals surface area contributed by atoms with Crippen molar-refractivity contribution in [3.63, 3.8) is 0 Å². The Balaban J connectivity index is 1.32. The molecule has 1 amide bonds. The number of ether oxygens (including phenoxy) is 3. The lowest BCUT2D eigenvalue weighted by molar-refractivity contribution is -0.121. The number of pyridine rings is 1. The smallest absolute Gasteiger partial charge is 0.224 e. The summed E-state index contributed by atoms with van der Waals surface area (Å²) in [5.74, 6) is 1.78. The molecule has 6 nitrogen and oxygen atoms in total. The molecule has 1 aromatic heterocycles. The number of carbonyl (C=O) groups excluding carboxylic acids is 1. The standard InChI is InChI=1S/C24H23ClN2O4/c1-16(19-4-6-20(7-5-19)31-15-17-3-2-8-26-14-17)27-23(28)13-18-11-21(25)24-22(12-18)29-9-10-30-24/h2-8,11-12,14,16H,9-10,13,15H2,1H3,(H,27,28). The molecule has 4 rings (SSSR count). The van der Waals surface area contributed by atoms with Crippen molar-refractivity contribution in [2.45, 2.75) is 26.0 Å². The highest BCUT2D eigenvalue weighted by atomic mass is 35.5. The van der Waals surface area contributed by atoms with Gasteiger partial charge in [0.15, 0.2) is 11.5 Å². The molecule has 0 saturated heterocycles. The van der Waals surface area contributed by atoms with E-state index < -0.39 is 0 Å². The van der Waals surface area contributed by atoms with E-state index in [9.17, 15) is 4.79 Å². The Morgan fingerprint density at radius 1 is 1.16 bits per heavy atom. The zero-order valence-electron chi connectivity index (χ0n) is 17.1. The maximum Gasteiger partial charge on any atom is 0.224 e. The predicted molar refractivity (Wildman–Crippen MR) is 118 cm³/mol. The lowest BCUT2D eigenvalue weighted by atomic mass is 10.1. The summed E-state index contributed by atoms with van der Waals surface area (Å²) in [7, 11) is 0. The fourth-order valence-electron chi connectivity index (χ4n) is 3.33. The highest BCUT2D eigenvalue weighted by Gasteiger charge is 2.18. The van der Waals surface area contributed by atoms with Gasteiger partial charge in [0.2, 0.25) is 5.91 Å². The van der Waals surface area contributed by atoms with E-state index >= 15 is 0 Å². The summed E-state index contributed by atoms with van der Waals surface area (Å²) in [5.41, 5.74) is 2.77. The fourth-order valence-corrected chi connectivity index (χ4v) is 3.62. The SMILES string of the molecule is CC(NC(=O)Cc1cc(Cl)c2c(c1)OCCO2)c1ccc(OCc2cccnc2)cc1. The van der Waals surface area contributed by atoms with Crippen LogP contribution >= 0.6 is 11.6 Å². The van der Waals surface area contributed by atoms with Gasteiger partial charge in [-0.15, -0.1) is 0 Å². The summed E-state index contributed by atoms with van der Waals surface area (Å²) in [6.45, 7) is 3.34. The van der Waals surface area contributed by atoms with E-state index in [0.717, 1.165) is 22.4 Å². The van der Waals surface area contributed by atoms with Crippen LogP contribution in [0.1, 0.15) is 29.7 Å². The van der Waals surface area contributed by atoms with Crippen LogP contribution in [-0.2, 0) is 17.8 Å². The highest BCUT2D eigenvalue weighted by Crippen LogP contribution is 2.38. The van der Waals surface area contributed by atoms with E-state index in [4.69, 9.17) is 25.8 Å². The molecule has 0 spiro atoms. The van der Waals surface area contributed by atoms with Gasteiger partial charge in [0.05, 0.1) is 17.5 Å². The van der Waals surface area contributed by atoms with Crippen LogP contribution in [0, 0.1) is 0 Å². The number of rotatable bonds is 7. The zero-order valence-corrected chi connectivity index (χ0v) is 17.9. The van der Waals surface area contributed by atoms with Crippen molar-refractivity contribution in [3.05, 3.63) is 82.6 Å². The van der Waals surface area contributed by atoms with Crippen molar-refractivity contribution in [1.82, 2.24) is 10.3 Å². The summed E-state index contributed by atoms with van der Waals surface area (Å²) in [6, 6.07) is 14.9. The van der Waals surface area contributed by atoms with Gasteiger partial charge in [0, 0.05) is 18.0 Å². The molecule has 1 aliphatic heterocycles. The van der Waals surface area contributed by atoms with Crippen molar-refractivity contribution in [3.8, 4) is 17.2 Å². The van der Waals surface area contributed by atoms with E-state index in [1.54, 1.807) is 24.5 Å². The molecule has 2 heterocycles. The number of benzene rings is 2. The van der Waals surface area contributed by atoms with Crippen LogP contribution in [0.5, 0.6) is 17.2 Å². The summed E-state index contributed by atoms with van der Waals surface area (Å²) in [4.78, 5) is 16.6. The molecule has 7 heteroatoms. The number of hydrogen-bond donors (Lipinski definition) is 1. The molecule has 31 heavy (non-hydrogen) atoms. The molecular weight excluding hydrogens is 416 g/mol. The van der Waals surface area contributed by atoms with E-state index in [2.05, 4.69) is 10.3 Å².